The molecule has 0 saturated carbocycles. The van der Waals surface area contributed by atoms with Crippen LogP contribution in [0.15, 0.2) is 134 Å². The molecule has 0 fully saturated rings. The lowest BCUT2D eigenvalue weighted by molar-refractivity contribution is 0.940. The zero-order chi connectivity index (χ0) is 28.9. The van der Waals surface area contributed by atoms with Gasteiger partial charge in [-0.05, 0) is 36.4 Å². The fourth-order valence-corrected chi connectivity index (χ4v) is 5.97. The van der Waals surface area contributed by atoms with Crippen molar-refractivity contribution < 1.29 is 0 Å². The van der Waals surface area contributed by atoms with E-state index < -0.39 is 0 Å². The monoisotopic (exact) mass is 554 g/mol. The van der Waals surface area contributed by atoms with E-state index in [1.54, 1.807) is 0 Å². The summed E-state index contributed by atoms with van der Waals surface area (Å²) in [6.07, 6.45) is 3.68. The predicted molar refractivity (Wildman–Crippen MR) is 176 cm³/mol. The maximum atomic E-state index is 5.30. The van der Waals surface area contributed by atoms with Crippen LogP contribution in [-0.2, 0) is 0 Å². The lowest BCUT2D eigenvalue weighted by atomic mass is 10.1. The molecule has 0 aliphatic heterocycles. The molecule has 8 rings (SSSR count). The van der Waals surface area contributed by atoms with E-state index in [4.69, 9.17) is 15.0 Å². The third kappa shape index (κ3) is 3.77. The predicted octanol–water partition coefficient (Wildman–Crippen LogP) is 8.63. The molecule has 0 saturated heterocycles. The Balaban J connectivity index is 1.50. The van der Waals surface area contributed by atoms with Crippen LogP contribution < -0.4 is 0 Å². The Morgan fingerprint density at radius 1 is 0.558 bits per heavy atom. The molecule has 4 aromatic carbocycles. The van der Waals surface area contributed by atoms with Crippen molar-refractivity contribution in [1.29, 1.82) is 0 Å². The van der Waals surface area contributed by atoms with Crippen molar-refractivity contribution in [2.45, 2.75) is 0 Å². The van der Waals surface area contributed by atoms with Crippen LogP contribution in [0.1, 0.15) is 11.4 Å². The molecule has 0 aliphatic carbocycles. The molecule has 6 heteroatoms. The van der Waals surface area contributed by atoms with E-state index in [0.717, 1.165) is 61.7 Å². The fourth-order valence-electron chi connectivity index (χ4n) is 5.97. The lowest BCUT2D eigenvalue weighted by Crippen LogP contribution is -2.06. The van der Waals surface area contributed by atoms with Gasteiger partial charge in [0.25, 0.3) is 0 Å². The van der Waals surface area contributed by atoms with E-state index in [9.17, 15) is 0 Å². The highest BCUT2D eigenvalue weighted by atomic mass is 15.3. The van der Waals surface area contributed by atoms with Gasteiger partial charge in [0.05, 0.1) is 28.3 Å². The van der Waals surface area contributed by atoms with Crippen molar-refractivity contribution in [3.05, 3.63) is 146 Å². The first-order valence-electron chi connectivity index (χ1n) is 14.1. The Morgan fingerprint density at radius 3 is 1.72 bits per heavy atom. The second kappa shape index (κ2) is 9.82. The molecule has 0 N–H and O–H groups in total. The van der Waals surface area contributed by atoms with Gasteiger partial charge >= 0.3 is 0 Å². The number of hydrogen-bond acceptors (Lipinski definition) is 3. The van der Waals surface area contributed by atoms with E-state index in [1.165, 1.54) is 0 Å². The van der Waals surface area contributed by atoms with Gasteiger partial charge in [0.1, 0.15) is 5.52 Å². The third-order valence-electron chi connectivity index (χ3n) is 7.85. The zero-order valence-corrected chi connectivity index (χ0v) is 23.3. The van der Waals surface area contributed by atoms with Crippen LogP contribution in [0.25, 0.3) is 74.1 Å². The van der Waals surface area contributed by atoms with Gasteiger partial charge in [0.15, 0.2) is 5.65 Å². The van der Waals surface area contributed by atoms with Crippen molar-refractivity contribution in [3.63, 3.8) is 0 Å². The number of fused-ring (bicyclic) bond motifs is 5. The van der Waals surface area contributed by atoms with Crippen molar-refractivity contribution >= 4 is 40.0 Å². The van der Waals surface area contributed by atoms with Crippen LogP contribution in [0.4, 0.5) is 0 Å². The molecule has 43 heavy (non-hydrogen) atoms. The van der Waals surface area contributed by atoms with Gasteiger partial charge in [-0.25, -0.2) is 14.5 Å². The summed E-state index contributed by atoms with van der Waals surface area (Å²) in [5.41, 5.74) is 9.31. The average Bonchev–Trinajstić information content (AvgIpc) is 3.70. The lowest BCUT2D eigenvalue weighted by Gasteiger charge is -2.11. The van der Waals surface area contributed by atoms with Gasteiger partial charge in [-0.2, -0.15) is 4.98 Å². The molecule has 8 aromatic rings. The van der Waals surface area contributed by atoms with Gasteiger partial charge in [-0.1, -0.05) is 110 Å². The number of para-hydroxylation sites is 2. The maximum absolute atomic E-state index is 5.30. The highest BCUT2D eigenvalue weighted by Gasteiger charge is 2.26. The average molecular weight is 555 g/mol. The number of benzene rings is 4. The maximum Gasteiger partial charge on any atom is 0.238 e. The van der Waals surface area contributed by atoms with Crippen LogP contribution in [0.3, 0.4) is 0 Å². The second-order valence-electron chi connectivity index (χ2n) is 10.3. The Morgan fingerprint density at radius 2 is 1.12 bits per heavy atom. The van der Waals surface area contributed by atoms with Crippen LogP contribution in [-0.4, -0.2) is 28.5 Å². The largest absolute Gasteiger partial charge is 0.292 e. The summed E-state index contributed by atoms with van der Waals surface area (Å²) >= 11 is 0. The topological polar surface area (TPSA) is 52.9 Å². The number of hydrogen-bond donors (Lipinski definition) is 0. The van der Waals surface area contributed by atoms with Gasteiger partial charge < -0.3 is 0 Å². The van der Waals surface area contributed by atoms with Crippen molar-refractivity contribution in [2.24, 2.45) is 0 Å². The minimum absolute atomic E-state index is 0.511. The summed E-state index contributed by atoms with van der Waals surface area (Å²) in [6.45, 7) is 8.39. The van der Waals surface area contributed by atoms with Crippen molar-refractivity contribution in [3.8, 4) is 34.2 Å². The molecule has 204 valence electrons. The Labute approximate surface area is 248 Å². The van der Waals surface area contributed by atoms with Gasteiger partial charge in [-0.15, -0.1) is 0 Å². The molecular weight excluding hydrogens is 528 g/mol. The standard InChI is InChI=1S/C37H26N6/c1-3-31-32(4-2)43(36-38-29(25-16-8-5-9-17-25)24-30(39-36)26-18-10-6-11-19-26)37-40-35-34(42(31)37)28-22-14-15-23-33(28)41(35)27-20-12-7-13-21-27/h3-24H,1-2H2. The molecule has 4 aromatic heterocycles. The normalized spacial score (nSPS) is 11.4. The smallest absolute Gasteiger partial charge is 0.238 e. The Bertz CT molecular complexity index is 2250. The van der Waals surface area contributed by atoms with E-state index in [0.29, 0.717) is 11.7 Å². The molecular formula is C37H26N6. The second-order valence-corrected chi connectivity index (χ2v) is 10.3. The number of rotatable bonds is 6. The molecule has 0 unspecified atom stereocenters. The van der Waals surface area contributed by atoms with Crippen molar-refractivity contribution in [2.75, 3.05) is 0 Å². The van der Waals surface area contributed by atoms with E-state index in [-0.39, 0.29) is 0 Å². The first-order chi connectivity index (χ1) is 21.3. The van der Waals surface area contributed by atoms with Crippen LogP contribution in [0.2, 0.25) is 0 Å². The summed E-state index contributed by atoms with van der Waals surface area (Å²) in [7, 11) is 0. The summed E-state index contributed by atoms with van der Waals surface area (Å²) in [5, 5.41) is 1.09. The minimum Gasteiger partial charge on any atom is -0.292 e. The van der Waals surface area contributed by atoms with E-state index >= 15 is 0 Å². The minimum atomic E-state index is 0.511. The van der Waals surface area contributed by atoms with E-state index in [1.807, 2.05) is 77.4 Å². The number of aromatic nitrogens is 6. The molecule has 0 aliphatic rings. The molecule has 0 spiro atoms. The molecule has 0 bridgehead atoms. The molecule has 6 nitrogen and oxygen atoms in total. The van der Waals surface area contributed by atoms with Gasteiger partial charge in [0.2, 0.25) is 11.7 Å². The fraction of sp³-hybridized carbons (Fsp3) is 0. The molecule has 0 atom stereocenters. The van der Waals surface area contributed by atoms with Crippen molar-refractivity contribution in [1.82, 2.24) is 28.5 Å². The van der Waals surface area contributed by atoms with E-state index in [2.05, 4.69) is 82.8 Å². The highest BCUT2D eigenvalue weighted by molar-refractivity contribution is 6.08. The summed E-state index contributed by atoms with van der Waals surface area (Å²) in [6, 6.07) is 41.1. The van der Waals surface area contributed by atoms with Crippen LogP contribution in [0.5, 0.6) is 0 Å². The molecule has 0 radical (unpaired) electrons. The van der Waals surface area contributed by atoms with Crippen LogP contribution in [0, 0.1) is 0 Å². The Kier molecular flexibility index (Phi) is 5.65. The summed E-state index contributed by atoms with van der Waals surface area (Å²) in [4.78, 5) is 15.5. The molecule has 4 heterocycles. The Hall–Kier alpha value is -6.01. The third-order valence-corrected chi connectivity index (χ3v) is 7.85. The SMILES string of the molecule is C=Cc1c(C=C)n2c3c4ccccc4n(-c4ccccc4)c3nc2n1-c1nc(-c2ccccc2)cc(-c2ccccc2)n1. The first kappa shape index (κ1) is 24.8. The van der Waals surface area contributed by atoms with Gasteiger partial charge in [0, 0.05) is 22.2 Å². The number of nitrogens with zero attached hydrogens (tertiary/aromatic N) is 6. The molecule has 0 amide bonds. The van der Waals surface area contributed by atoms with Gasteiger partial charge in [-0.3, -0.25) is 8.97 Å². The summed E-state index contributed by atoms with van der Waals surface area (Å²) in [5.74, 6) is 1.20. The highest BCUT2D eigenvalue weighted by Crippen LogP contribution is 2.36. The number of imidazole rings is 2. The van der Waals surface area contributed by atoms with Crippen LogP contribution >= 0.6 is 0 Å². The quantitative estimate of drug-likeness (QED) is 0.207. The summed E-state index contributed by atoms with van der Waals surface area (Å²) < 4.78 is 6.36. The zero-order valence-electron chi connectivity index (χ0n) is 23.3. The first-order valence-corrected chi connectivity index (χ1v) is 14.1.